The van der Waals surface area contributed by atoms with Gasteiger partial charge in [0.15, 0.2) is 11.5 Å². The van der Waals surface area contributed by atoms with E-state index in [0.29, 0.717) is 30.9 Å². The topological polar surface area (TPSA) is 68.9 Å². The van der Waals surface area contributed by atoms with E-state index < -0.39 is 5.60 Å². The van der Waals surface area contributed by atoms with Crippen LogP contribution >= 0.6 is 0 Å². The summed E-state index contributed by atoms with van der Waals surface area (Å²) in [4.78, 5) is 4.75. The van der Waals surface area contributed by atoms with Gasteiger partial charge >= 0.3 is 0 Å². The van der Waals surface area contributed by atoms with Crippen LogP contribution in [0, 0.1) is 18.8 Å². The molecule has 2 saturated heterocycles. The maximum atomic E-state index is 9.72. The molecular formula is C22H25N3O3. The summed E-state index contributed by atoms with van der Waals surface area (Å²) in [7, 11) is 0. The molecule has 1 N–H and O–H groups in total. The highest BCUT2D eigenvalue weighted by molar-refractivity contribution is 5.50. The van der Waals surface area contributed by atoms with Crippen molar-refractivity contribution in [3.63, 3.8) is 0 Å². The Labute approximate surface area is 164 Å². The predicted octanol–water partition coefficient (Wildman–Crippen LogP) is 3.07. The van der Waals surface area contributed by atoms with Crippen molar-refractivity contribution in [1.29, 1.82) is 0 Å². The molecule has 0 spiro atoms. The first kappa shape index (κ1) is 17.6. The Hall–Kier alpha value is -2.44. The number of benzene rings is 1. The van der Waals surface area contributed by atoms with Crippen LogP contribution in [-0.2, 0) is 10.3 Å². The molecule has 3 aliphatic rings. The molecule has 2 aromatic heterocycles. The lowest BCUT2D eigenvalue weighted by atomic mass is 9.64. The van der Waals surface area contributed by atoms with E-state index in [2.05, 4.69) is 19.1 Å². The molecule has 28 heavy (non-hydrogen) atoms. The molecule has 3 fully saturated rings. The standard InChI is InChI=1S/C22H25N3O3/c1-14-8-18(27-12-15(2)16-6-4-3-5-7-16)10-25-20(14)23-21(24-25)22-9-17(13-28-22)19(22)11-26/h3-8,10,15,17,19,26H,9,11-13H2,1-2H3/t15-,17?,19?,22?/m0/s1. The first-order chi connectivity index (χ1) is 13.6. The quantitative estimate of drug-likeness (QED) is 0.713. The average Bonchev–Trinajstić information content (AvgIpc) is 3.40. The fourth-order valence-electron chi connectivity index (χ4n) is 4.59. The van der Waals surface area contributed by atoms with Crippen LogP contribution in [-0.4, -0.2) is 39.5 Å². The normalized spacial score (nSPS) is 27.0. The molecule has 4 atom stereocenters. The SMILES string of the molecule is Cc1cc(OC[C@H](C)c2ccccc2)cn2nc(C34CC(CO3)C4CO)nc12. The molecule has 2 aliphatic heterocycles. The minimum atomic E-state index is -0.513. The van der Waals surface area contributed by atoms with Gasteiger partial charge in [-0.05, 0) is 36.5 Å². The summed E-state index contributed by atoms with van der Waals surface area (Å²) in [5.41, 5.74) is 2.56. The van der Waals surface area contributed by atoms with E-state index in [1.165, 1.54) is 5.56 Å². The third kappa shape index (κ3) is 2.63. The molecule has 146 valence electrons. The van der Waals surface area contributed by atoms with Crippen LogP contribution in [0.4, 0.5) is 0 Å². The van der Waals surface area contributed by atoms with Crippen molar-refractivity contribution in [2.45, 2.75) is 31.8 Å². The van der Waals surface area contributed by atoms with Gasteiger partial charge in [0.1, 0.15) is 11.4 Å². The summed E-state index contributed by atoms with van der Waals surface area (Å²) in [5.74, 6) is 2.28. The van der Waals surface area contributed by atoms with Gasteiger partial charge in [0.05, 0.1) is 19.4 Å². The molecular weight excluding hydrogens is 354 g/mol. The van der Waals surface area contributed by atoms with Gasteiger partial charge in [-0.15, -0.1) is 5.10 Å². The van der Waals surface area contributed by atoms with E-state index in [9.17, 15) is 5.11 Å². The Morgan fingerprint density at radius 3 is 2.93 bits per heavy atom. The van der Waals surface area contributed by atoms with Gasteiger partial charge in [0, 0.05) is 18.4 Å². The smallest absolute Gasteiger partial charge is 0.183 e. The highest BCUT2D eigenvalue weighted by atomic mass is 16.5. The van der Waals surface area contributed by atoms with Gasteiger partial charge in [-0.1, -0.05) is 37.3 Å². The molecule has 2 bridgehead atoms. The van der Waals surface area contributed by atoms with Gasteiger partial charge in [0.25, 0.3) is 0 Å². The van der Waals surface area contributed by atoms with E-state index in [4.69, 9.17) is 19.6 Å². The number of nitrogens with zero attached hydrogens (tertiary/aromatic N) is 3. The first-order valence-electron chi connectivity index (χ1n) is 9.91. The molecule has 1 aliphatic carbocycles. The monoisotopic (exact) mass is 379 g/mol. The molecule has 0 radical (unpaired) electrons. The van der Waals surface area contributed by atoms with Crippen molar-refractivity contribution in [1.82, 2.24) is 14.6 Å². The van der Waals surface area contributed by atoms with Crippen molar-refractivity contribution in [2.75, 3.05) is 19.8 Å². The fraction of sp³-hybridized carbons (Fsp3) is 0.455. The van der Waals surface area contributed by atoms with Crippen LogP contribution in [0.2, 0.25) is 0 Å². The highest BCUT2D eigenvalue weighted by Gasteiger charge is 2.63. The van der Waals surface area contributed by atoms with Crippen LogP contribution in [0.15, 0.2) is 42.6 Å². The molecule has 0 amide bonds. The molecule has 1 aromatic carbocycles. The van der Waals surface area contributed by atoms with Gasteiger partial charge in [-0.2, -0.15) is 0 Å². The number of hydrogen-bond donors (Lipinski definition) is 1. The summed E-state index contributed by atoms with van der Waals surface area (Å²) in [6.45, 7) is 5.57. The second-order valence-corrected chi connectivity index (χ2v) is 8.14. The average molecular weight is 379 g/mol. The largest absolute Gasteiger partial charge is 0.491 e. The minimum absolute atomic E-state index is 0.104. The zero-order valence-electron chi connectivity index (χ0n) is 16.2. The van der Waals surface area contributed by atoms with Crippen molar-refractivity contribution in [3.8, 4) is 5.75 Å². The van der Waals surface area contributed by atoms with E-state index in [1.807, 2.05) is 37.4 Å². The number of fused-ring (bicyclic) bond motifs is 2. The summed E-state index contributed by atoms with van der Waals surface area (Å²) in [5, 5.41) is 14.4. The zero-order valence-corrected chi connectivity index (χ0v) is 16.2. The summed E-state index contributed by atoms with van der Waals surface area (Å²) in [6.07, 6.45) is 2.78. The second-order valence-electron chi connectivity index (χ2n) is 8.14. The predicted molar refractivity (Wildman–Crippen MR) is 104 cm³/mol. The van der Waals surface area contributed by atoms with Gasteiger partial charge < -0.3 is 14.6 Å². The molecule has 3 aromatic rings. The van der Waals surface area contributed by atoms with Crippen molar-refractivity contribution in [2.24, 2.45) is 11.8 Å². The molecule has 1 saturated carbocycles. The van der Waals surface area contributed by atoms with Crippen LogP contribution in [0.25, 0.3) is 5.65 Å². The van der Waals surface area contributed by atoms with E-state index >= 15 is 0 Å². The number of aryl methyl sites for hydroxylation is 1. The van der Waals surface area contributed by atoms with Crippen molar-refractivity contribution in [3.05, 3.63) is 59.5 Å². The number of aromatic nitrogens is 3. The Morgan fingerprint density at radius 2 is 2.18 bits per heavy atom. The number of aliphatic hydroxyl groups is 1. The van der Waals surface area contributed by atoms with E-state index in [-0.39, 0.29) is 12.5 Å². The summed E-state index contributed by atoms with van der Waals surface area (Å²) < 4.78 is 13.8. The lowest BCUT2D eigenvalue weighted by molar-refractivity contribution is -0.0837. The Kier molecular flexibility index (Phi) is 4.14. The number of aliphatic hydroxyl groups excluding tert-OH is 1. The Bertz CT molecular complexity index is 999. The lowest BCUT2D eigenvalue weighted by Crippen LogP contribution is -2.47. The lowest BCUT2D eigenvalue weighted by Gasteiger charge is -2.41. The van der Waals surface area contributed by atoms with Gasteiger partial charge in [-0.3, -0.25) is 0 Å². The third-order valence-corrected chi connectivity index (χ3v) is 6.32. The number of ether oxygens (including phenoxy) is 2. The van der Waals surface area contributed by atoms with Crippen LogP contribution < -0.4 is 4.74 Å². The minimum Gasteiger partial charge on any atom is -0.491 e. The van der Waals surface area contributed by atoms with E-state index in [1.54, 1.807) is 4.52 Å². The molecule has 6 nitrogen and oxygen atoms in total. The second kappa shape index (κ2) is 6.57. The number of pyridine rings is 1. The van der Waals surface area contributed by atoms with Crippen LogP contribution in [0.1, 0.15) is 36.2 Å². The summed E-state index contributed by atoms with van der Waals surface area (Å²) >= 11 is 0. The molecule has 6 heteroatoms. The van der Waals surface area contributed by atoms with Crippen molar-refractivity contribution < 1.29 is 14.6 Å². The fourth-order valence-corrected chi connectivity index (χ4v) is 4.59. The maximum absolute atomic E-state index is 9.72. The van der Waals surface area contributed by atoms with Gasteiger partial charge in [-0.25, -0.2) is 9.50 Å². The first-order valence-corrected chi connectivity index (χ1v) is 9.91. The van der Waals surface area contributed by atoms with Crippen LogP contribution in [0.5, 0.6) is 5.75 Å². The van der Waals surface area contributed by atoms with E-state index in [0.717, 1.165) is 23.4 Å². The Balaban J connectivity index is 1.39. The maximum Gasteiger partial charge on any atom is 0.183 e. The molecule has 3 unspecified atom stereocenters. The summed E-state index contributed by atoms with van der Waals surface area (Å²) in [6, 6.07) is 12.4. The number of rotatable bonds is 6. The highest BCUT2D eigenvalue weighted by Crippen LogP contribution is 2.58. The van der Waals surface area contributed by atoms with Gasteiger partial charge in [0.2, 0.25) is 0 Å². The van der Waals surface area contributed by atoms with Crippen LogP contribution in [0.3, 0.4) is 0 Å². The Morgan fingerprint density at radius 1 is 1.36 bits per heavy atom. The third-order valence-electron chi connectivity index (χ3n) is 6.32. The zero-order chi connectivity index (χ0) is 19.3. The number of hydrogen-bond acceptors (Lipinski definition) is 5. The molecule has 6 rings (SSSR count). The molecule has 4 heterocycles. The van der Waals surface area contributed by atoms with Crippen molar-refractivity contribution >= 4 is 5.65 Å².